The molecule has 1 aliphatic rings. The van der Waals surface area contributed by atoms with Crippen LogP contribution in [-0.4, -0.2) is 38.4 Å². The lowest BCUT2D eigenvalue weighted by molar-refractivity contribution is -0.117. The largest absolute Gasteiger partial charge is 0.327 e. The molecule has 0 unspecified atom stereocenters. The summed E-state index contributed by atoms with van der Waals surface area (Å²) in [5, 5.41) is 2.93. The van der Waals surface area contributed by atoms with E-state index in [0.717, 1.165) is 48.5 Å². The number of nitrogens with zero attached hydrogens (tertiary/aromatic N) is 4. The van der Waals surface area contributed by atoms with E-state index >= 15 is 0 Å². The van der Waals surface area contributed by atoms with Gasteiger partial charge in [-0.05, 0) is 50.6 Å². The van der Waals surface area contributed by atoms with Crippen molar-refractivity contribution in [1.29, 1.82) is 0 Å². The first-order valence-electron chi connectivity index (χ1n) is 9.15. The average Bonchev–Trinajstić information content (AvgIpc) is 3.25. The Morgan fingerprint density at radius 3 is 2.96 bits per heavy atom. The molecule has 1 fully saturated rings. The average molecular weight is 349 g/mol. The van der Waals surface area contributed by atoms with Crippen LogP contribution < -0.4 is 5.32 Å². The van der Waals surface area contributed by atoms with Gasteiger partial charge in [-0.25, -0.2) is 4.98 Å². The molecule has 4 rings (SSSR count). The number of para-hydroxylation sites is 2. The number of pyridine rings is 1. The van der Waals surface area contributed by atoms with E-state index < -0.39 is 0 Å². The van der Waals surface area contributed by atoms with E-state index in [-0.39, 0.29) is 11.9 Å². The third-order valence-corrected chi connectivity index (χ3v) is 4.95. The number of anilines is 1. The smallest absolute Gasteiger partial charge is 0.238 e. The van der Waals surface area contributed by atoms with Gasteiger partial charge < -0.3 is 9.88 Å². The van der Waals surface area contributed by atoms with Crippen LogP contribution in [0.2, 0.25) is 0 Å². The summed E-state index contributed by atoms with van der Waals surface area (Å²) in [5.41, 5.74) is 2.92. The highest BCUT2D eigenvalue weighted by Crippen LogP contribution is 2.33. The van der Waals surface area contributed by atoms with Crippen LogP contribution in [0.5, 0.6) is 0 Å². The van der Waals surface area contributed by atoms with Gasteiger partial charge in [0.25, 0.3) is 0 Å². The van der Waals surface area contributed by atoms with Gasteiger partial charge in [0.2, 0.25) is 5.91 Å². The quantitative estimate of drug-likeness (QED) is 0.768. The highest BCUT2D eigenvalue weighted by molar-refractivity contribution is 5.92. The van der Waals surface area contributed by atoms with E-state index in [1.165, 1.54) is 0 Å². The van der Waals surface area contributed by atoms with Crippen molar-refractivity contribution in [2.24, 2.45) is 0 Å². The van der Waals surface area contributed by atoms with Gasteiger partial charge in [0.1, 0.15) is 5.82 Å². The second-order valence-electron chi connectivity index (χ2n) is 6.62. The number of imidazole rings is 1. The molecule has 3 heterocycles. The molecule has 1 N–H and O–H groups in total. The summed E-state index contributed by atoms with van der Waals surface area (Å²) in [6.45, 7) is 4.30. The van der Waals surface area contributed by atoms with E-state index in [4.69, 9.17) is 4.98 Å². The van der Waals surface area contributed by atoms with Gasteiger partial charge in [0.15, 0.2) is 0 Å². The van der Waals surface area contributed by atoms with Crippen molar-refractivity contribution >= 4 is 22.6 Å². The molecule has 0 saturated carbocycles. The van der Waals surface area contributed by atoms with Crippen LogP contribution in [0.15, 0.2) is 48.8 Å². The summed E-state index contributed by atoms with van der Waals surface area (Å²) in [5.74, 6) is 1.06. The fourth-order valence-electron chi connectivity index (χ4n) is 3.81. The van der Waals surface area contributed by atoms with Crippen LogP contribution in [0.25, 0.3) is 11.0 Å². The van der Waals surface area contributed by atoms with Gasteiger partial charge in [-0.2, -0.15) is 0 Å². The maximum atomic E-state index is 12.5. The van der Waals surface area contributed by atoms with E-state index in [9.17, 15) is 4.79 Å². The van der Waals surface area contributed by atoms with Crippen LogP contribution in [0.1, 0.15) is 31.6 Å². The minimum atomic E-state index is -0.0101. The molecule has 1 aromatic carbocycles. The van der Waals surface area contributed by atoms with Crippen LogP contribution in [-0.2, 0) is 11.3 Å². The Hall–Kier alpha value is -2.73. The highest BCUT2D eigenvalue weighted by atomic mass is 16.2. The molecule has 1 saturated heterocycles. The van der Waals surface area contributed by atoms with Crippen molar-refractivity contribution in [1.82, 2.24) is 19.4 Å². The Morgan fingerprint density at radius 2 is 2.15 bits per heavy atom. The van der Waals surface area contributed by atoms with Crippen molar-refractivity contribution in [3.63, 3.8) is 0 Å². The zero-order chi connectivity index (χ0) is 17.9. The number of aryl methyl sites for hydroxylation is 1. The fourth-order valence-corrected chi connectivity index (χ4v) is 3.81. The predicted molar refractivity (Wildman–Crippen MR) is 102 cm³/mol. The third kappa shape index (κ3) is 3.20. The Kier molecular flexibility index (Phi) is 4.67. The van der Waals surface area contributed by atoms with E-state index in [1.807, 2.05) is 24.3 Å². The number of aromatic nitrogens is 3. The molecule has 2 aromatic heterocycles. The summed E-state index contributed by atoms with van der Waals surface area (Å²) in [4.78, 5) is 23.6. The van der Waals surface area contributed by atoms with Crippen molar-refractivity contribution in [2.45, 2.75) is 32.4 Å². The molecule has 0 bridgehead atoms. The number of carbonyl (C=O) groups excluding carboxylic acids is 1. The zero-order valence-corrected chi connectivity index (χ0v) is 14.9. The lowest BCUT2D eigenvalue weighted by Gasteiger charge is -2.24. The SMILES string of the molecule is CCn1c([C@H]2CCCN2CC(=O)Nc2cccnc2)nc2ccccc21. The highest BCUT2D eigenvalue weighted by Gasteiger charge is 2.31. The first-order valence-corrected chi connectivity index (χ1v) is 9.15. The van der Waals surface area contributed by atoms with Crippen molar-refractivity contribution < 1.29 is 4.79 Å². The molecule has 1 aliphatic heterocycles. The second-order valence-corrected chi connectivity index (χ2v) is 6.62. The molecule has 0 aliphatic carbocycles. The molecule has 134 valence electrons. The molecule has 6 nitrogen and oxygen atoms in total. The normalized spacial score (nSPS) is 17.7. The Labute approximate surface area is 152 Å². The van der Waals surface area contributed by atoms with Gasteiger partial charge >= 0.3 is 0 Å². The molecular weight excluding hydrogens is 326 g/mol. The summed E-state index contributed by atoms with van der Waals surface area (Å²) in [6.07, 6.45) is 5.47. The first kappa shape index (κ1) is 16.7. The summed E-state index contributed by atoms with van der Waals surface area (Å²) >= 11 is 0. The standard InChI is InChI=1S/C20H23N5O/c1-2-25-17-9-4-3-8-16(17)23-20(25)18-10-6-12-24(18)14-19(26)22-15-7-5-11-21-13-15/h3-5,7-9,11,13,18H,2,6,10,12,14H2,1H3,(H,22,26)/t18-/m1/s1. The Morgan fingerprint density at radius 1 is 1.27 bits per heavy atom. The van der Waals surface area contributed by atoms with Crippen molar-refractivity contribution in [2.75, 3.05) is 18.4 Å². The zero-order valence-electron chi connectivity index (χ0n) is 14.9. The number of hydrogen-bond donors (Lipinski definition) is 1. The molecule has 3 aromatic rings. The number of benzene rings is 1. The number of hydrogen-bond acceptors (Lipinski definition) is 4. The van der Waals surface area contributed by atoms with Crippen molar-refractivity contribution in [3.05, 3.63) is 54.6 Å². The summed E-state index contributed by atoms with van der Waals surface area (Å²) in [7, 11) is 0. The maximum Gasteiger partial charge on any atom is 0.238 e. The number of fused-ring (bicyclic) bond motifs is 1. The van der Waals surface area contributed by atoms with Gasteiger partial charge in [-0.1, -0.05) is 12.1 Å². The van der Waals surface area contributed by atoms with Gasteiger partial charge in [0.05, 0.1) is 35.5 Å². The van der Waals surface area contributed by atoms with Gasteiger partial charge in [0, 0.05) is 12.7 Å². The molecule has 1 atom stereocenters. The predicted octanol–water partition coefficient (Wildman–Crippen LogP) is 3.23. The number of rotatable bonds is 5. The Balaban J connectivity index is 1.54. The van der Waals surface area contributed by atoms with Crippen LogP contribution in [0, 0.1) is 0 Å². The van der Waals surface area contributed by atoms with Crippen LogP contribution in [0.3, 0.4) is 0 Å². The second kappa shape index (κ2) is 7.25. The monoisotopic (exact) mass is 349 g/mol. The van der Waals surface area contributed by atoms with Crippen LogP contribution >= 0.6 is 0 Å². The van der Waals surface area contributed by atoms with E-state index in [0.29, 0.717) is 6.54 Å². The number of likely N-dealkylation sites (tertiary alicyclic amines) is 1. The topological polar surface area (TPSA) is 63.1 Å². The summed E-state index contributed by atoms with van der Waals surface area (Å²) in [6, 6.07) is 12.1. The third-order valence-electron chi connectivity index (χ3n) is 4.95. The lowest BCUT2D eigenvalue weighted by Crippen LogP contribution is -2.34. The summed E-state index contributed by atoms with van der Waals surface area (Å²) < 4.78 is 2.28. The number of nitrogens with one attached hydrogen (secondary N) is 1. The minimum Gasteiger partial charge on any atom is -0.327 e. The fraction of sp³-hybridized carbons (Fsp3) is 0.350. The molecule has 26 heavy (non-hydrogen) atoms. The number of amides is 1. The molecule has 0 spiro atoms. The Bertz CT molecular complexity index is 905. The molecule has 0 radical (unpaired) electrons. The lowest BCUT2D eigenvalue weighted by atomic mass is 10.2. The van der Waals surface area contributed by atoms with E-state index in [2.05, 4.69) is 38.8 Å². The molecular formula is C20H23N5O. The van der Waals surface area contributed by atoms with Gasteiger partial charge in [-0.3, -0.25) is 14.7 Å². The molecule has 6 heteroatoms. The number of carbonyl (C=O) groups is 1. The van der Waals surface area contributed by atoms with Gasteiger partial charge in [-0.15, -0.1) is 0 Å². The maximum absolute atomic E-state index is 12.5. The first-order chi connectivity index (χ1) is 12.8. The van der Waals surface area contributed by atoms with Crippen LogP contribution in [0.4, 0.5) is 5.69 Å². The minimum absolute atomic E-state index is 0.0101. The molecule has 1 amide bonds. The van der Waals surface area contributed by atoms with E-state index in [1.54, 1.807) is 12.4 Å². The van der Waals surface area contributed by atoms with Crippen molar-refractivity contribution in [3.8, 4) is 0 Å².